The molecule has 0 aliphatic carbocycles. The van der Waals surface area contributed by atoms with Gasteiger partial charge in [0.2, 0.25) is 0 Å². The largest absolute Gasteiger partial charge is 0.493 e. The van der Waals surface area contributed by atoms with Crippen molar-refractivity contribution in [2.45, 2.75) is 25.6 Å². The Hall–Kier alpha value is -0.970. The lowest BCUT2D eigenvalue weighted by molar-refractivity contribution is 0.0644. The van der Waals surface area contributed by atoms with Crippen LogP contribution in [0.25, 0.3) is 0 Å². The van der Waals surface area contributed by atoms with Crippen LogP contribution < -0.4 is 9.47 Å². The molecule has 0 atom stereocenters. The van der Waals surface area contributed by atoms with Gasteiger partial charge in [0.05, 0.1) is 32.3 Å². The third kappa shape index (κ3) is 7.55. The van der Waals surface area contributed by atoms with Crippen LogP contribution in [-0.4, -0.2) is 40.1 Å². The second-order valence-corrected chi connectivity index (χ2v) is 4.83. The summed E-state index contributed by atoms with van der Waals surface area (Å²) in [5.74, 6) is 2.03. The van der Waals surface area contributed by atoms with E-state index in [1.807, 2.05) is 18.2 Å². The van der Waals surface area contributed by atoms with Gasteiger partial charge in [0.25, 0.3) is 0 Å². The average Bonchev–Trinajstić information content (AvgIpc) is 2.52. The van der Waals surface area contributed by atoms with Gasteiger partial charge in [-0.2, -0.15) is 0 Å². The third-order valence-corrected chi connectivity index (χ3v) is 3.07. The lowest BCUT2D eigenvalue weighted by Crippen LogP contribution is -2.07. The molecule has 1 rings (SSSR count). The second kappa shape index (κ2) is 11.7. The van der Waals surface area contributed by atoms with Crippen molar-refractivity contribution in [3.8, 4) is 11.5 Å². The van der Waals surface area contributed by atoms with Gasteiger partial charge in [0.15, 0.2) is 0 Å². The van der Waals surface area contributed by atoms with E-state index in [2.05, 4.69) is 6.92 Å². The number of halogens is 1. The van der Waals surface area contributed by atoms with Gasteiger partial charge in [0, 0.05) is 31.8 Å². The van der Waals surface area contributed by atoms with Crippen LogP contribution in [0.2, 0.25) is 0 Å². The molecule has 120 valence electrons. The topological polar surface area (TPSA) is 36.9 Å². The molecule has 0 aliphatic rings. The van der Waals surface area contributed by atoms with Crippen LogP contribution in [0.5, 0.6) is 11.5 Å². The molecule has 4 nitrogen and oxygen atoms in total. The maximum Gasteiger partial charge on any atom is 0.127 e. The van der Waals surface area contributed by atoms with Gasteiger partial charge >= 0.3 is 0 Å². The van der Waals surface area contributed by atoms with E-state index in [-0.39, 0.29) is 0 Å². The summed E-state index contributed by atoms with van der Waals surface area (Å²) >= 11 is 5.93. The lowest BCUT2D eigenvalue weighted by Gasteiger charge is -2.12. The molecule has 0 amide bonds. The standard InChI is InChI=1S/C16H25ClO4/c1-3-7-20-15-6-5-14(13-17)16(12-15)21-9-4-8-19-11-10-18-2/h5-6,12H,3-4,7-11,13H2,1-2H3. The molecule has 0 spiro atoms. The van der Waals surface area contributed by atoms with Gasteiger partial charge in [-0.1, -0.05) is 13.0 Å². The zero-order valence-electron chi connectivity index (χ0n) is 12.9. The zero-order chi connectivity index (χ0) is 15.3. The van der Waals surface area contributed by atoms with Crippen LogP contribution in [0.15, 0.2) is 18.2 Å². The minimum Gasteiger partial charge on any atom is -0.493 e. The van der Waals surface area contributed by atoms with Crippen molar-refractivity contribution in [2.24, 2.45) is 0 Å². The molecule has 1 aromatic rings. The molecule has 21 heavy (non-hydrogen) atoms. The van der Waals surface area contributed by atoms with Crippen molar-refractivity contribution < 1.29 is 18.9 Å². The lowest BCUT2D eigenvalue weighted by atomic mass is 10.2. The van der Waals surface area contributed by atoms with Crippen molar-refractivity contribution in [1.82, 2.24) is 0 Å². The van der Waals surface area contributed by atoms with E-state index in [1.54, 1.807) is 7.11 Å². The molecule has 0 heterocycles. The monoisotopic (exact) mass is 316 g/mol. The number of rotatable bonds is 12. The quantitative estimate of drug-likeness (QED) is 0.436. The molecule has 0 radical (unpaired) electrons. The van der Waals surface area contributed by atoms with Crippen LogP contribution in [0.3, 0.4) is 0 Å². The number of alkyl halides is 1. The van der Waals surface area contributed by atoms with Gasteiger partial charge in [-0.3, -0.25) is 0 Å². The van der Waals surface area contributed by atoms with Crippen molar-refractivity contribution in [2.75, 3.05) is 40.1 Å². The Morgan fingerprint density at radius 3 is 2.57 bits per heavy atom. The van der Waals surface area contributed by atoms with E-state index in [4.69, 9.17) is 30.5 Å². The Kier molecular flexibility index (Phi) is 10.0. The highest BCUT2D eigenvalue weighted by Gasteiger charge is 2.05. The Bertz CT molecular complexity index is 385. The number of benzene rings is 1. The van der Waals surface area contributed by atoms with Gasteiger partial charge < -0.3 is 18.9 Å². The zero-order valence-corrected chi connectivity index (χ0v) is 13.7. The summed E-state index contributed by atoms with van der Waals surface area (Å²) in [5.41, 5.74) is 0.973. The number of hydrogen-bond donors (Lipinski definition) is 0. The molecular weight excluding hydrogens is 292 g/mol. The minimum atomic E-state index is 0.424. The highest BCUT2D eigenvalue weighted by atomic mass is 35.5. The molecule has 0 bridgehead atoms. The fraction of sp³-hybridized carbons (Fsp3) is 0.625. The Labute approximate surface area is 132 Å². The van der Waals surface area contributed by atoms with Gasteiger partial charge in [-0.15, -0.1) is 11.6 Å². The first-order chi connectivity index (χ1) is 10.3. The Morgan fingerprint density at radius 1 is 1.00 bits per heavy atom. The summed E-state index contributed by atoms with van der Waals surface area (Å²) in [6.45, 7) is 5.26. The van der Waals surface area contributed by atoms with Crippen molar-refractivity contribution in [1.29, 1.82) is 0 Å². The minimum absolute atomic E-state index is 0.424. The molecular formula is C16H25ClO4. The Morgan fingerprint density at radius 2 is 1.86 bits per heavy atom. The van der Waals surface area contributed by atoms with Crippen molar-refractivity contribution in [3.63, 3.8) is 0 Å². The highest BCUT2D eigenvalue weighted by molar-refractivity contribution is 6.17. The molecule has 0 saturated heterocycles. The van der Waals surface area contributed by atoms with Crippen LogP contribution in [-0.2, 0) is 15.4 Å². The van der Waals surface area contributed by atoms with Gasteiger partial charge in [-0.05, 0) is 12.5 Å². The summed E-state index contributed by atoms with van der Waals surface area (Å²) in [4.78, 5) is 0. The van der Waals surface area contributed by atoms with Crippen LogP contribution in [0, 0.1) is 0 Å². The predicted molar refractivity (Wildman–Crippen MR) is 84.6 cm³/mol. The van der Waals surface area contributed by atoms with Gasteiger partial charge in [-0.25, -0.2) is 0 Å². The van der Waals surface area contributed by atoms with E-state index in [9.17, 15) is 0 Å². The molecule has 0 aromatic heterocycles. The van der Waals surface area contributed by atoms with Gasteiger partial charge in [0.1, 0.15) is 11.5 Å². The first kappa shape index (κ1) is 18.1. The van der Waals surface area contributed by atoms with E-state index in [0.717, 1.165) is 29.9 Å². The smallest absolute Gasteiger partial charge is 0.127 e. The first-order valence-electron chi connectivity index (χ1n) is 7.33. The number of methoxy groups -OCH3 is 1. The van der Waals surface area contributed by atoms with E-state index in [1.165, 1.54) is 0 Å². The van der Waals surface area contributed by atoms with Crippen molar-refractivity contribution >= 4 is 11.6 Å². The molecule has 0 saturated carbocycles. The van der Waals surface area contributed by atoms with E-state index in [0.29, 0.717) is 38.9 Å². The maximum atomic E-state index is 5.93. The first-order valence-corrected chi connectivity index (χ1v) is 7.86. The molecule has 0 fully saturated rings. The summed E-state index contributed by atoms with van der Waals surface area (Å²) in [5, 5.41) is 0. The van der Waals surface area contributed by atoms with E-state index < -0.39 is 0 Å². The van der Waals surface area contributed by atoms with Crippen LogP contribution in [0.1, 0.15) is 25.3 Å². The summed E-state index contributed by atoms with van der Waals surface area (Å²) < 4.78 is 21.7. The molecule has 0 aliphatic heterocycles. The Balaban J connectivity index is 2.37. The van der Waals surface area contributed by atoms with Crippen molar-refractivity contribution in [3.05, 3.63) is 23.8 Å². The average molecular weight is 317 g/mol. The summed E-state index contributed by atoms with van der Waals surface area (Å²) in [6.07, 6.45) is 1.80. The molecule has 0 N–H and O–H groups in total. The highest BCUT2D eigenvalue weighted by Crippen LogP contribution is 2.26. The maximum absolute atomic E-state index is 5.93. The predicted octanol–water partition coefficient (Wildman–Crippen LogP) is 3.65. The molecule has 1 aromatic carbocycles. The fourth-order valence-corrected chi connectivity index (χ4v) is 1.90. The number of ether oxygens (including phenoxy) is 4. The van der Waals surface area contributed by atoms with E-state index >= 15 is 0 Å². The van der Waals surface area contributed by atoms with Crippen LogP contribution in [0.4, 0.5) is 0 Å². The fourth-order valence-electron chi connectivity index (χ4n) is 1.68. The molecule has 0 unspecified atom stereocenters. The van der Waals surface area contributed by atoms with Crippen LogP contribution >= 0.6 is 11.6 Å². The summed E-state index contributed by atoms with van der Waals surface area (Å²) in [6, 6.07) is 5.77. The third-order valence-electron chi connectivity index (χ3n) is 2.78. The normalized spacial score (nSPS) is 10.6. The SMILES string of the molecule is CCCOc1ccc(CCl)c(OCCCOCCOC)c1. The molecule has 5 heteroatoms. The summed E-state index contributed by atoms with van der Waals surface area (Å²) in [7, 11) is 1.66. The number of hydrogen-bond acceptors (Lipinski definition) is 4. The second-order valence-electron chi connectivity index (χ2n) is 4.56.